The zero-order valence-electron chi connectivity index (χ0n) is 53.8. The average Bonchev–Trinajstić information content (AvgIpc) is 1.62. The zero-order valence-corrected chi connectivity index (χ0v) is 53.8. The van der Waals surface area contributed by atoms with Crippen molar-refractivity contribution in [2.24, 2.45) is 23.2 Å². The van der Waals surface area contributed by atoms with Gasteiger partial charge < -0.3 is 15.2 Å². The Morgan fingerprint density at radius 2 is 1.05 bits per heavy atom. The van der Waals surface area contributed by atoms with E-state index in [0.29, 0.717) is 40.3 Å². The first-order valence-corrected chi connectivity index (χ1v) is 29.1. The summed E-state index contributed by atoms with van der Waals surface area (Å²) in [6, 6.07) is 61.1. The number of halogens is 4. The van der Waals surface area contributed by atoms with Gasteiger partial charge in [0.05, 0.1) is 4.92 Å². The Morgan fingerprint density at radius 1 is 0.628 bits per heavy atom. The molecule has 2 aliphatic carbocycles. The van der Waals surface area contributed by atoms with Crippen molar-refractivity contribution in [1.29, 1.82) is 0 Å². The van der Waals surface area contributed by atoms with Crippen LogP contribution >= 0.6 is 0 Å². The molecule has 1 amide bonds. The minimum absolute atomic E-state index is 0.0335. The Morgan fingerprint density at radius 3 is 1.42 bits per heavy atom. The fraction of sp³-hybridized carbons (Fsp3) is 0.351. The summed E-state index contributed by atoms with van der Waals surface area (Å²) in [6.07, 6.45) is -0.635. The summed E-state index contributed by atoms with van der Waals surface area (Å²) >= 11 is 0. The Hall–Kier alpha value is -8.12. The first-order chi connectivity index (χ1) is 40.3. The lowest BCUT2D eigenvalue weighted by Gasteiger charge is -2.24. The summed E-state index contributed by atoms with van der Waals surface area (Å²) in [4.78, 5) is 32.1. The Balaban J connectivity index is 0.000000486. The lowest BCUT2D eigenvalue weighted by molar-refractivity contribution is -0.385. The number of amides is 1. The quantitative estimate of drug-likeness (QED) is 0.103. The molecule has 12 heteroatoms. The maximum Gasteiger partial charge on any atom is 0.386 e. The van der Waals surface area contributed by atoms with E-state index in [1.165, 1.54) is 76.6 Å². The molecule has 464 valence electrons. The van der Waals surface area contributed by atoms with Crippen molar-refractivity contribution >= 4 is 33.8 Å². The fourth-order valence-corrected chi connectivity index (χ4v) is 8.95. The van der Waals surface area contributed by atoms with E-state index in [-0.39, 0.29) is 34.9 Å². The van der Waals surface area contributed by atoms with Gasteiger partial charge in [-0.25, -0.2) is 4.39 Å². The van der Waals surface area contributed by atoms with E-state index in [1.807, 2.05) is 122 Å². The Bertz CT molecular complexity index is 3080. The van der Waals surface area contributed by atoms with Crippen molar-refractivity contribution < 1.29 is 41.9 Å². The van der Waals surface area contributed by atoms with E-state index in [0.717, 1.165) is 23.4 Å². The predicted octanol–water partition coefficient (Wildman–Crippen LogP) is 21.2. The van der Waals surface area contributed by atoms with Crippen LogP contribution in [0.15, 0.2) is 194 Å². The molecule has 3 unspecified atom stereocenters. The summed E-state index contributed by atoms with van der Waals surface area (Å²) in [5, 5.41) is 24.3. The van der Waals surface area contributed by atoms with Gasteiger partial charge in [-0.1, -0.05) is 214 Å². The van der Waals surface area contributed by atoms with Gasteiger partial charge in [-0.2, -0.15) is 13.2 Å². The summed E-state index contributed by atoms with van der Waals surface area (Å²) in [5.74, 6) is 3.40. The van der Waals surface area contributed by atoms with Crippen LogP contribution in [0.1, 0.15) is 127 Å². The number of hydrogen-bond donors (Lipinski definition) is 2. The number of nitro groups is 1. The van der Waals surface area contributed by atoms with Crippen molar-refractivity contribution in [3.8, 4) is 11.5 Å². The second kappa shape index (κ2) is 38.8. The van der Waals surface area contributed by atoms with Gasteiger partial charge in [0.2, 0.25) is 5.91 Å². The maximum absolute atomic E-state index is 12.1. The maximum atomic E-state index is 12.1. The number of carbonyl (C=O) groups excluding carboxylic acids is 2. The number of hydrogen-bond acceptors (Lipinski definition) is 6. The fourth-order valence-electron chi connectivity index (χ4n) is 8.95. The summed E-state index contributed by atoms with van der Waals surface area (Å²) in [5.41, 5.74) is 9.31. The number of Topliss-reactive ketones (excluding diaryl/α,β-unsaturated/α-hetero) is 1. The molecule has 0 saturated heterocycles. The number of alkyl halides is 3. The van der Waals surface area contributed by atoms with E-state index in [4.69, 9.17) is 9.84 Å². The third kappa shape index (κ3) is 32.8. The standard InChI is InChI=1S/C11H18O.C11H16O.C11H10.C9H11NO.C7H7F.C7H7NO2.C7H8O.C7H8.C2H3F3.C2H6/c1-4-7-5-8-6-9(12)10(7)11(8,2)3;1-9-5-7-10(8-6-9)12-11(2,3)4;1-9-6-7-10-4-2-3-5-11(10)8-9;1-7-3-5-9(6-4-7)10-8(2)11;1-6-2-4-7(8)5-3-6;1-6-4-2-3-5-7(6)8(9)10;1-6-2-4-7(8)5-3-6;1-7-5-3-2-4-6-7;1-2(3,4)5;1-2/h7-8,10H,4-6H2,1-3H3;5-8H,1-4H3;2-8H,1H3;3-6H,1-2H3,(H,10,11);2-5H,1H3;2-5H,1H3;2-5,8H,1H3;2-6H,1H3;1H3;1-2H3. The number of phenolic OH excluding ortho intramolecular Hbond substituents is 1. The van der Waals surface area contributed by atoms with Gasteiger partial charge in [0.15, 0.2) is 0 Å². The number of ketones is 1. The molecular weight excluding hydrogens is 1090 g/mol. The van der Waals surface area contributed by atoms with E-state index in [1.54, 1.807) is 49.4 Å². The monoisotopic (exact) mass is 1180 g/mol. The van der Waals surface area contributed by atoms with Crippen molar-refractivity contribution in [2.45, 2.75) is 149 Å². The van der Waals surface area contributed by atoms with E-state index < -0.39 is 6.18 Å². The lowest BCUT2D eigenvalue weighted by Crippen LogP contribution is -2.24. The number of fused-ring (bicyclic) bond motifs is 3. The molecule has 0 aliphatic heterocycles. The molecule has 8 aromatic carbocycles. The number of aromatic hydroxyl groups is 1. The third-order valence-electron chi connectivity index (χ3n) is 13.3. The number of benzene rings is 8. The smallest absolute Gasteiger partial charge is 0.386 e. The molecule has 3 atom stereocenters. The number of carbonyl (C=O) groups is 2. The van der Waals surface area contributed by atoms with E-state index in [2.05, 4.69) is 114 Å². The van der Waals surface area contributed by atoms with Crippen molar-refractivity contribution in [3.05, 3.63) is 249 Å². The molecule has 2 fully saturated rings. The SMILES string of the molecule is CC.CC(=O)Nc1ccc(C)cc1.CC(F)(F)F.CCC1CC2CC(=O)C1C2(C)C.Cc1ccc(F)cc1.Cc1ccc(O)cc1.Cc1ccc(OC(C)(C)C)cc1.Cc1ccc2ccccc2c1.Cc1ccccc1.Cc1ccccc1[N+](=O)[O-]. The van der Waals surface area contributed by atoms with Crippen LogP contribution in [0.5, 0.6) is 11.5 Å². The van der Waals surface area contributed by atoms with Gasteiger partial charge in [0.1, 0.15) is 28.7 Å². The van der Waals surface area contributed by atoms with Crippen LogP contribution < -0.4 is 10.1 Å². The van der Waals surface area contributed by atoms with Gasteiger partial charge in [0, 0.05) is 43.5 Å². The normalized spacial score (nSPS) is 14.5. The molecule has 8 aromatic rings. The Kier molecular flexibility index (Phi) is 34.2. The van der Waals surface area contributed by atoms with Crippen LogP contribution in [0.25, 0.3) is 10.8 Å². The zero-order chi connectivity index (χ0) is 65.2. The largest absolute Gasteiger partial charge is 0.508 e. The second-order valence-electron chi connectivity index (χ2n) is 22.6. The van der Waals surface area contributed by atoms with Crippen molar-refractivity contribution in [1.82, 2.24) is 0 Å². The van der Waals surface area contributed by atoms with Crippen LogP contribution in [0.2, 0.25) is 0 Å². The van der Waals surface area contributed by atoms with Crippen LogP contribution in [-0.4, -0.2) is 33.5 Å². The molecule has 10 rings (SSSR count). The van der Waals surface area contributed by atoms with E-state index >= 15 is 0 Å². The number of ether oxygens (including phenoxy) is 1. The number of anilines is 1. The highest BCUT2D eigenvalue weighted by Crippen LogP contribution is 2.59. The number of aryl methyl sites for hydroxylation is 7. The molecule has 2 aliphatic rings. The third-order valence-corrected chi connectivity index (χ3v) is 13.3. The molecule has 8 nitrogen and oxygen atoms in total. The first kappa shape index (κ1) is 75.9. The molecule has 2 bridgehead atoms. The van der Waals surface area contributed by atoms with Crippen molar-refractivity contribution in [3.63, 3.8) is 0 Å². The Labute approximate surface area is 511 Å². The molecular formula is C74H94F4N2O6. The number of nitrogens with one attached hydrogen (secondary N) is 1. The molecule has 0 aromatic heterocycles. The lowest BCUT2D eigenvalue weighted by atomic mass is 9.79. The van der Waals surface area contributed by atoms with Crippen LogP contribution in [0.3, 0.4) is 0 Å². The molecule has 86 heavy (non-hydrogen) atoms. The highest BCUT2D eigenvalue weighted by atomic mass is 19.4. The van der Waals surface area contributed by atoms with Gasteiger partial charge in [0.25, 0.3) is 5.69 Å². The average molecular weight is 1180 g/mol. The first-order valence-electron chi connectivity index (χ1n) is 29.1. The van der Waals surface area contributed by atoms with Gasteiger partial charge in [-0.15, -0.1) is 0 Å². The summed E-state index contributed by atoms with van der Waals surface area (Å²) in [7, 11) is 0. The highest BCUT2D eigenvalue weighted by Gasteiger charge is 2.57. The van der Waals surface area contributed by atoms with E-state index in [9.17, 15) is 37.3 Å². The molecule has 2 saturated carbocycles. The number of rotatable bonds is 4. The van der Waals surface area contributed by atoms with Gasteiger partial charge >= 0.3 is 6.18 Å². The van der Waals surface area contributed by atoms with Gasteiger partial charge in [-0.05, 0) is 152 Å². The topological polar surface area (TPSA) is 119 Å². The second-order valence-corrected chi connectivity index (χ2v) is 22.6. The molecule has 0 spiro atoms. The minimum atomic E-state index is -4.00. The highest BCUT2D eigenvalue weighted by molar-refractivity contribution is 5.88. The minimum Gasteiger partial charge on any atom is -0.508 e. The predicted molar refractivity (Wildman–Crippen MR) is 351 cm³/mol. The van der Waals surface area contributed by atoms with Crippen LogP contribution in [-0.2, 0) is 9.59 Å². The van der Waals surface area contributed by atoms with Crippen LogP contribution in [0.4, 0.5) is 28.9 Å². The van der Waals surface area contributed by atoms with Crippen LogP contribution in [0, 0.1) is 87.6 Å². The van der Waals surface area contributed by atoms with Crippen molar-refractivity contribution in [2.75, 3.05) is 5.32 Å². The number of para-hydroxylation sites is 1. The molecule has 2 N–H and O–H groups in total. The number of phenols is 1. The molecule has 0 heterocycles. The summed E-state index contributed by atoms with van der Waals surface area (Å²) in [6.45, 7) is 32.5. The van der Waals surface area contributed by atoms with Gasteiger partial charge in [-0.3, -0.25) is 19.7 Å². The number of nitrogens with zero attached hydrogens (tertiary/aromatic N) is 1. The molecule has 0 radical (unpaired) electrons. The number of nitro benzene ring substituents is 1. The summed E-state index contributed by atoms with van der Waals surface area (Å²) < 4.78 is 48.8.